The van der Waals surface area contributed by atoms with E-state index in [9.17, 15) is 4.39 Å². The molecule has 2 N–H and O–H groups in total. The number of anilines is 1. The van der Waals surface area contributed by atoms with Crippen molar-refractivity contribution < 1.29 is 4.39 Å². The van der Waals surface area contributed by atoms with Crippen LogP contribution in [0.25, 0.3) is 11.3 Å². The molecule has 5 heteroatoms. The van der Waals surface area contributed by atoms with E-state index in [1.807, 2.05) is 20.8 Å². The molecule has 0 saturated carbocycles. The number of hydrogen-bond donors (Lipinski definition) is 1. The Labute approximate surface area is 128 Å². The van der Waals surface area contributed by atoms with Gasteiger partial charge in [-0.1, -0.05) is 44.4 Å². The van der Waals surface area contributed by atoms with Crippen LogP contribution in [0.1, 0.15) is 26.6 Å². The number of aromatic nitrogens is 2. The van der Waals surface area contributed by atoms with Gasteiger partial charge in [-0.15, -0.1) is 6.42 Å². The van der Waals surface area contributed by atoms with Crippen LogP contribution in [0.5, 0.6) is 0 Å². The van der Waals surface area contributed by atoms with Crippen molar-refractivity contribution in [1.29, 1.82) is 0 Å². The van der Waals surface area contributed by atoms with Crippen molar-refractivity contribution in [2.24, 2.45) is 0 Å². The van der Waals surface area contributed by atoms with Gasteiger partial charge in [-0.05, 0) is 12.1 Å². The third kappa shape index (κ3) is 2.88. The molecular formula is C16H17ClFN3. The second-order valence-electron chi connectivity index (χ2n) is 5.84. The zero-order valence-corrected chi connectivity index (χ0v) is 13.0. The standard InChI is InChI=1S/C16H17ClFN3/c1-5-8-21-14(19)13(20-15(21)16(2,3)4)10-6-7-11(17)12(18)9-10/h1,6-7,9H,8,19H2,2-4H3. The van der Waals surface area contributed by atoms with Gasteiger partial charge in [0.2, 0.25) is 0 Å². The highest BCUT2D eigenvalue weighted by atomic mass is 35.5. The summed E-state index contributed by atoms with van der Waals surface area (Å²) in [6.45, 7) is 6.39. The van der Waals surface area contributed by atoms with Gasteiger partial charge in [0.1, 0.15) is 23.2 Å². The van der Waals surface area contributed by atoms with Gasteiger partial charge in [-0.3, -0.25) is 0 Å². The maximum atomic E-state index is 13.6. The fourth-order valence-electron chi connectivity index (χ4n) is 2.15. The molecule has 0 aliphatic heterocycles. The van der Waals surface area contributed by atoms with E-state index >= 15 is 0 Å². The average Bonchev–Trinajstić information content (AvgIpc) is 2.71. The van der Waals surface area contributed by atoms with Gasteiger partial charge >= 0.3 is 0 Å². The van der Waals surface area contributed by atoms with Crippen molar-refractivity contribution in [2.75, 3.05) is 5.73 Å². The molecule has 0 fully saturated rings. The van der Waals surface area contributed by atoms with E-state index in [2.05, 4.69) is 10.9 Å². The third-order valence-electron chi connectivity index (χ3n) is 3.12. The van der Waals surface area contributed by atoms with Crippen molar-refractivity contribution in [3.63, 3.8) is 0 Å². The Morgan fingerprint density at radius 1 is 1.43 bits per heavy atom. The van der Waals surface area contributed by atoms with Crippen LogP contribution in [0.3, 0.4) is 0 Å². The van der Waals surface area contributed by atoms with Crippen LogP contribution in [0.15, 0.2) is 18.2 Å². The maximum absolute atomic E-state index is 13.6. The lowest BCUT2D eigenvalue weighted by Crippen LogP contribution is -2.19. The van der Waals surface area contributed by atoms with Gasteiger partial charge in [0.05, 0.1) is 11.6 Å². The molecular weight excluding hydrogens is 289 g/mol. The lowest BCUT2D eigenvalue weighted by molar-refractivity contribution is 0.517. The number of terminal acetylenes is 1. The summed E-state index contributed by atoms with van der Waals surface area (Å²) in [7, 11) is 0. The number of hydrogen-bond acceptors (Lipinski definition) is 2. The topological polar surface area (TPSA) is 43.8 Å². The predicted molar refractivity (Wildman–Crippen MR) is 84.6 cm³/mol. The van der Waals surface area contributed by atoms with E-state index in [0.717, 1.165) is 5.82 Å². The highest BCUT2D eigenvalue weighted by Crippen LogP contribution is 2.33. The molecule has 3 nitrogen and oxygen atoms in total. The van der Waals surface area contributed by atoms with Crippen LogP contribution in [-0.2, 0) is 12.0 Å². The van der Waals surface area contributed by atoms with Crippen LogP contribution in [-0.4, -0.2) is 9.55 Å². The van der Waals surface area contributed by atoms with Crippen molar-refractivity contribution in [3.8, 4) is 23.6 Å². The minimum absolute atomic E-state index is 0.0661. The Balaban J connectivity index is 2.65. The number of benzene rings is 1. The molecule has 0 radical (unpaired) electrons. The number of imidazole rings is 1. The van der Waals surface area contributed by atoms with Gasteiger partial charge in [0.15, 0.2) is 0 Å². The Morgan fingerprint density at radius 3 is 2.62 bits per heavy atom. The summed E-state index contributed by atoms with van der Waals surface area (Å²) in [5.41, 5.74) is 7.03. The molecule has 110 valence electrons. The largest absolute Gasteiger partial charge is 0.383 e. The summed E-state index contributed by atoms with van der Waals surface area (Å²) < 4.78 is 15.4. The Kier molecular flexibility index (Phi) is 3.97. The first kappa shape index (κ1) is 15.4. The molecule has 1 heterocycles. The summed E-state index contributed by atoms with van der Waals surface area (Å²) in [6.07, 6.45) is 5.40. The SMILES string of the molecule is C#CCn1c(C(C)(C)C)nc(-c2ccc(Cl)c(F)c2)c1N. The minimum Gasteiger partial charge on any atom is -0.383 e. The Hall–Kier alpha value is -1.99. The van der Waals surface area contributed by atoms with E-state index in [4.69, 9.17) is 23.8 Å². The second kappa shape index (κ2) is 5.42. The van der Waals surface area contributed by atoms with Gasteiger partial charge in [0, 0.05) is 11.0 Å². The van der Waals surface area contributed by atoms with Crippen LogP contribution in [0, 0.1) is 18.2 Å². The molecule has 2 aromatic rings. The molecule has 0 aliphatic carbocycles. The van der Waals surface area contributed by atoms with E-state index in [-0.39, 0.29) is 10.4 Å². The van der Waals surface area contributed by atoms with E-state index in [1.165, 1.54) is 12.1 Å². The lowest BCUT2D eigenvalue weighted by Gasteiger charge is -2.18. The van der Waals surface area contributed by atoms with E-state index in [0.29, 0.717) is 23.6 Å². The monoisotopic (exact) mass is 305 g/mol. The number of nitrogens with two attached hydrogens (primary N) is 1. The quantitative estimate of drug-likeness (QED) is 0.856. The molecule has 0 bridgehead atoms. The zero-order valence-electron chi connectivity index (χ0n) is 12.2. The first-order chi connectivity index (χ1) is 9.75. The van der Waals surface area contributed by atoms with Crippen LogP contribution in [0.4, 0.5) is 10.2 Å². The number of nitrogens with zero attached hydrogens (tertiary/aromatic N) is 2. The van der Waals surface area contributed by atoms with Gasteiger partial charge < -0.3 is 10.3 Å². The first-order valence-electron chi connectivity index (χ1n) is 6.51. The summed E-state index contributed by atoms with van der Waals surface area (Å²) in [4.78, 5) is 4.57. The summed E-state index contributed by atoms with van der Waals surface area (Å²) in [5.74, 6) is 3.27. The lowest BCUT2D eigenvalue weighted by atomic mass is 9.95. The summed E-state index contributed by atoms with van der Waals surface area (Å²) in [6, 6.07) is 4.51. The third-order valence-corrected chi connectivity index (χ3v) is 3.43. The maximum Gasteiger partial charge on any atom is 0.142 e. The molecule has 1 aromatic carbocycles. The molecule has 2 rings (SSSR count). The molecule has 0 aliphatic rings. The van der Waals surface area contributed by atoms with Gasteiger partial charge in [-0.25, -0.2) is 9.37 Å². The Bertz CT molecular complexity index is 720. The van der Waals surface area contributed by atoms with Crippen molar-refractivity contribution >= 4 is 17.4 Å². The van der Waals surface area contributed by atoms with E-state index < -0.39 is 5.82 Å². The summed E-state index contributed by atoms with van der Waals surface area (Å²) in [5, 5.41) is 0.0661. The predicted octanol–water partition coefficient (Wildman–Crippen LogP) is 3.86. The molecule has 0 atom stereocenters. The molecule has 1 aromatic heterocycles. The smallest absolute Gasteiger partial charge is 0.142 e. The second-order valence-corrected chi connectivity index (χ2v) is 6.25. The molecule has 0 saturated heterocycles. The summed E-state index contributed by atoms with van der Waals surface area (Å²) >= 11 is 5.71. The van der Waals surface area contributed by atoms with E-state index in [1.54, 1.807) is 10.6 Å². The van der Waals surface area contributed by atoms with Gasteiger partial charge in [-0.2, -0.15) is 0 Å². The fraction of sp³-hybridized carbons (Fsp3) is 0.312. The first-order valence-corrected chi connectivity index (χ1v) is 6.89. The van der Waals surface area contributed by atoms with Crippen molar-refractivity contribution in [1.82, 2.24) is 9.55 Å². The Morgan fingerprint density at radius 2 is 2.10 bits per heavy atom. The van der Waals surface area contributed by atoms with Crippen molar-refractivity contribution in [3.05, 3.63) is 34.9 Å². The zero-order chi connectivity index (χ0) is 15.8. The number of rotatable bonds is 2. The molecule has 0 unspecified atom stereocenters. The van der Waals surface area contributed by atoms with Gasteiger partial charge in [0.25, 0.3) is 0 Å². The molecule has 0 spiro atoms. The number of nitrogen functional groups attached to an aromatic ring is 1. The average molecular weight is 306 g/mol. The van der Waals surface area contributed by atoms with Crippen LogP contribution in [0.2, 0.25) is 5.02 Å². The number of halogens is 2. The molecule has 0 amide bonds. The molecule has 21 heavy (non-hydrogen) atoms. The highest BCUT2D eigenvalue weighted by Gasteiger charge is 2.25. The van der Waals surface area contributed by atoms with Crippen molar-refractivity contribution in [2.45, 2.75) is 32.7 Å². The normalized spacial score (nSPS) is 11.4. The highest BCUT2D eigenvalue weighted by molar-refractivity contribution is 6.30. The minimum atomic E-state index is -0.502. The van der Waals surface area contributed by atoms with Crippen LogP contribution >= 0.6 is 11.6 Å². The fourth-order valence-corrected chi connectivity index (χ4v) is 2.26. The van der Waals surface area contributed by atoms with Crippen LogP contribution < -0.4 is 5.73 Å².